The molecule has 1 saturated heterocycles. The molecule has 0 saturated carbocycles. The zero-order valence-electron chi connectivity index (χ0n) is 11.4. The molecule has 116 valence electrons. The van der Waals surface area contributed by atoms with Crippen LogP contribution in [0.5, 0.6) is 5.75 Å². The number of hydrogen-bond donors (Lipinski definition) is 2. The van der Waals surface area contributed by atoms with Crippen molar-refractivity contribution in [3.63, 3.8) is 0 Å². The molecule has 1 aliphatic heterocycles. The Morgan fingerprint density at radius 2 is 2.05 bits per heavy atom. The lowest BCUT2D eigenvalue weighted by Gasteiger charge is -2.23. The number of rotatable bonds is 6. The Labute approximate surface area is 129 Å². The Bertz CT molecular complexity index is 598. The number of thiocarbonyl (C=S) groups is 1. The summed E-state index contributed by atoms with van der Waals surface area (Å²) in [5.41, 5.74) is 5.78. The van der Waals surface area contributed by atoms with Gasteiger partial charge >= 0.3 is 0 Å². The molecule has 0 aromatic heterocycles. The van der Waals surface area contributed by atoms with Crippen molar-refractivity contribution in [1.82, 2.24) is 0 Å². The summed E-state index contributed by atoms with van der Waals surface area (Å²) >= 11 is 4.75. The van der Waals surface area contributed by atoms with Crippen LogP contribution in [0, 0.1) is 0 Å². The fourth-order valence-electron chi connectivity index (χ4n) is 2.05. The predicted octanol–water partition coefficient (Wildman–Crippen LogP) is 1.27. The highest BCUT2D eigenvalue weighted by Crippen LogP contribution is 2.27. The van der Waals surface area contributed by atoms with Crippen molar-refractivity contribution in [3.8, 4) is 5.75 Å². The molecule has 0 amide bonds. The number of ether oxygens (including phenoxy) is 2. The van der Waals surface area contributed by atoms with Crippen LogP contribution in [0.3, 0.4) is 0 Å². The van der Waals surface area contributed by atoms with E-state index in [2.05, 4.69) is 4.72 Å². The Morgan fingerprint density at radius 1 is 1.38 bits per heavy atom. The first-order valence-electron chi connectivity index (χ1n) is 6.58. The van der Waals surface area contributed by atoms with E-state index in [0.717, 1.165) is 0 Å². The van der Waals surface area contributed by atoms with Crippen molar-refractivity contribution in [2.45, 2.75) is 18.1 Å². The lowest BCUT2D eigenvalue weighted by molar-refractivity contribution is 0.0984. The van der Waals surface area contributed by atoms with E-state index >= 15 is 0 Å². The second kappa shape index (κ2) is 7.06. The summed E-state index contributed by atoms with van der Waals surface area (Å²) in [7, 11) is -3.47. The molecule has 0 aliphatic carbocycles. The largest absolute Gasteiger partial charge is 0.484 e. The van der Waals surface area contributed by atoms with Crippen molar-refractivity contribution >= 4 is 32.9 Å². The van der Waals surface area contributed by atoms with E-state index in [-0.39, 0.29) is 11.6 Å². The highest BCUT2D eigenvalue weighted by molar-refractivity contribution is 7.93. The van der Waals surface area contributed by atoms with Gasteiger partial charge in [0.1, 0.15) is 17.3 Å². The van der Waals surface area contributed by atoms with Crippen LogP contribution in [0.4, 0.5) is 5.69 Å². The fourth-order valence-corrected chi connectivity index (χ4v) is 3.56. The first kappa shape index (κ1) is 16.0. The normalized spacial score (nSPS) is 16.4. The number of nitrogens with one attached hydrogen (secondary N) is 1. The van der Waals surface area contributed by atoms with Crippen molar-refractivity contribution in [2.24, 2.45) is 5.73 Å². The first-order valence-corrected chi connectivity index (χ1v) is 8.54. The standard InChI is InChI=1S/C13H18N2O4S2/c14-13(20)9-19-12-4-2-1-3-11(12)15-21(16,17)10-5-7-18-8-6-10/h1-4,10,15H,5-9H2,(H2,14,20). The summed E-state index contributed by atoms with van der Waals surface area (Å²) in [6.45, 7) is 0.988. The van der Waals surface area contributed by atoms with Crippen LogP contribution in [0.15, 0.2) is 24.3 Å². The Hall–Kier alpha value is -1.38. The summed E-state index contributed by atoms with van der Waals surface area (Å²) in [5, 5.41) is -0.449. The third-order valence-electron chi connectivity index (χ3n) is 3.12. The van der Waals surface area contributed by atoms with E-state index < -0.39 is 15.3 Å². The molecule has 1 aromatic rings. The minimum Gasteiger partial charge on any atom is -0.484 e. The second-order valence-corrected chi connectivity index (χ2v) is 7.20. The molecule has 0 atom stereocenters. The molecule has 6 nitrogen and oxygen atoms in total. The maximum absolute atomic E-state index is 12.4. The van der Waals surface area contributed by atoms with E-state index in [0.29, 0.717) is 37.5 Å². The zero-order valence-corrected chi connectivity index (χ0v) is 13.1. The Kier molecular flexibility index (Phi) is 5.38. The van der Waals surface area contributed by atoms with Crippen LogP contribution in [0.25, 0.3) is 0 Å². The SMILES string of the molecule is NC(=S)COc1ccccc1NS(=O)(=O)C1CCOCC1. The average Bonchev–Trinajstić information content (AvgIpc) is 2.47. The molecule has 0 radical (unpaired) electrons. The molecule has 1 heterocycles. The Balaban J connectivity index is 2.12. The van der Waals surface area contributed by atoms with Crippen LogP contribution < -0.4 is 15.2 Å². The molecule has 1 aliphatic rings. The van der Waals surface area contributed by atoms with Gasteiger partial charge < -0.3 is 15.2 Å². The maximum Gasteiger partial charge on any atom is 0.235 e. The lowest BCUT2D eigenvalue weighted by atomic mass is 10.2. The monoisotopic (exact) mass is 330 g/mol. The number of para-hydroxylation sites is 2. The quantitative estimate of drug-likeness (QED) is 0.764. The molecule has 8 heteroatoms. The average molecular weight is 330 g/mol. The van der Waals surface area contributed by atoms with Crippen LogP contribution in [-0.2, 0) is 14.8 Å². The molecule has 0 spiro atoms. The minimum absolute atomic E-state index is 0.0609. The summed E-state index contributed by atoms with van der Waals surface area (Å²) in [6.07, 6.45) is 0.983. The van der Waals surface area contributed by atoms with Gasteiger partial charge in [0.2, 0.25) is 10.0 Å². The predicted molar refractivity (Wildman–Crippen MR) is 85.1 cm³/mol. The van der Waals surface area contributed by atoms with Gasteiger partial charge in [-0.1, -0.05) is 24.4 Å². The zero-order chi connectivity index (χ0) is 15.3. The topological polar surface area (TPSA) is 90.6 Å². The van der Waals surface area contributed by atoms with Crippen molar-refractivity contribution in [2.75, 3.05) is 24.5 Å². The molecule has 0 unspecified atom stereocenters. The molecule has 1 aromatic carbocycles. The fraction of sp³-hybridized carbons (Fsp3) is 0.462. The number of benzene rings is 1. The van der Waals surface area contributed by atoms with Gasteiger partial charge in [-0.15, -0.1) is 0 Å². The smallest absolute Gasteiger partial charge is 0.235 e. The lowest BCUT2D eigenvalue weighted by Crippen LogP contribution is -2.33. The van der Waals surface area contributed by atoms with Gasteiger partial charge in [-0.25, -0.2) is 8.42 Å². The molecular formula is C13H18N2O4S2. The van der Waals surface area contributed by atoms with Crippen molar-refractivity contribution in [3.05, 3.63) is 24.3 Å². The summed E-state index contributed by atoms with van der Waals surface area (Å²) < 4.78 is 37.9. The van der Waals surface area contributed by atoms with Gasteiger partial charge in [0.05, 0.1) is 10.9 Å². The third-order valence-corrected chi connectivity index (χ3v) is 5.09. The molecule has 3 N–H and O–H groups in total. The van der Waals surface area contributed by atoms with Gasteiger partial charge in [-0.2, -0.15) is 0 Å². The van der Waals surface area contributed by atoms with E-state index in [1.54, 1.807) is 24.3 Å². The van der Waals surface area contributed by atoms with Gasteiger partial charge in [0, 0.05) is 13.2 Å². The number of sulfonamides is 1. The maximum atomic E-state index is 12.4. The summed E-state index contributed by atoms with van der Waals surface area (Å²) in [4.78, 5) is 0.206. The van der Waals surface area contributed by atoms with Crippen molar-refractivity contribution in [1.29, 1.82) is 0 Å². The highest BCUT2D eigenvalue weighted by Gasteiger charge is 2.28. The van der Waals surface area contributed by atoms with E-state index in [4.69, 9.17) is 27.4 Å². The minimum atomic E-state index is -3.47. The molecule has 0 bridgehead atoms. The van der Waals surface area contributed by atoms with E-state index in [9.17, 15) is 8.42 Å². The number of hydrogen-bond acceptors (Lipinski definition) is 5. The van der Waals surface area contributed by atoms with Gasteiger partial charge in [0.15, 0.2) is 0 Å². The van der Waals surface area contributed by atoms with E-state index in [1.807, 2.05) is 0 Å². The number of anilines is 1. The Morgan fingerprint density at radius 3 is 2.71 bits per heavy atom. The molecule has 1 fully saturated rings. The second-order valence-electron chi connectivity index (χ2n) is 4.71. The van der Waals surface area contributed by atoms with E-state index in [1.165, 1.54) is 0 Å². The van der Waals surface area contributed by atoms with Crippen molar-refractivity contribution < 1.29 is 17.9 Å². The summed E-state index contributed by atoms with van der Waals surface area (Å²) in [5.74, 6) is 0.404. The van der Waals surface area contributed by atoms with Crippen LogP contribution in [0.1, 0.15) is 12.8 Å². The van der Waals surface area contributed by atoms with Gasteiger partial charge in [-0.05, 0) is 25.0 Å². The van der Waals surface area contributed by atoms with Gasteiger partial charge in [0.25, 0.3) is 0 Å². The number of nitrogens with two attached hydrogens (primary N) is 1. The van der Waals surface area contributed by atoms with Crippen LogP contribution in [0.2, 0.25) is 0 Å². The third kappa shape index (κ3) is 4.55. The summed E-state index contributed by atoms with van der Waals surface area (Å²) in [6, 6.07) is 6.79. The first-order chi connectivity index (χ1) is 9.99. The highest BCUT2D eigenvalue weighted by atomic mass is 32.2. The molecule has 21 heavy (non-hydrogen) atoms. The van der Waals surface area contributed by atoms with Crippen LogP contribution in [-0.4, -0.2) is 38.5 Å². The van der Waals surface area contributed by atoms with Gasteiger partial charge in [-0.3, -0.25) is 4.72 Å². The molecular weight excluding hydrogens is 312 g/mol. The molecule has 2 rings (SSSR count). The van der Waals surface area contributed by atoms with Crippen LogP contribution >= 0.6 is 12.2 Å².